The molecule has 3 aromatic rings. The molecule has 3 aromatic carbocycles. The molecule has 0 spiro atoms. The van der Waals surface area contributed by atoms with E-state index >= 15 is 0 Å². The van der Waals surface area contributed by atoms with Crippen molar-refractivity contribution in [3.05, 3.63) is 84.4 Å². The molecule has 0 aliphatic carbocycles. The van der Waals surface area contributed by atoms with Crippen LogP contribution in [0.15, 0.2) is 78.9 Å². The van der Waals surface area contributed by atoms with E-state index in [-0.39, 0.29) is 6.42 Å². The summed E-state index contributed by atoms with van der Waals surface area (Å²) in [5.74, 6) is 1.47. The SMILES string of the molecule is COc1cccc(O[C@@H](Cc2ccc(Oc3ccccc3)cc2)C(=O)O)c1. The quantitative estimate of drug-likeness (QED) is 0.635. The van der Waals surface area contributed by atoms with E-state index in [0.717, 1.165) is 11.3 Å². The van der Waals surface area contributed by atoms with E-state index in [9.17, 15) is 9.90 Å². The molecule has 5 nitrogen and oxygen atoms in total. The molecular weight excluding hydrogens is 344 g/mol. The zero-order valence-electron chi connectivity index (χ0n) is 14.9. The first-order valence-electron chi connectivity index (χ1n) is 8.49. The highest BCUT2D eigenvalue weighted by atomic mass is 16.5. The zero-order valence-corrected chi connectivity index (χ0v) is 14.9. The van der Waals surface area contributed by atoms with Crippen LogP contribution in [0.1, 0.15) is 5.56 Å². The molecule has 1 atom stereocenters. The Morgan fingerprint density at radius 2 is 1.48 bits per heavy atom. The summed E-state index contributed by atoms with van der Waals surface area (Å²) in [5, 5.41) is 9.49. The molecule has 0 radical (unpaired) electrons. The number of carbonyl (C=O) groups is 1. The topological polar surface area (TPSA) is 65.0 Å². The number of hydrogen-bond donors (Lipinski definition) is 1. The summed E-state index contributed by atoms with van der Waals surface area (Å²) in [4.78, 5) is 11.6. The Kier molecular flexibility index (Phi) is 5.94. The van der Waals surface area contributed by atoms with E-state index in [1.165, 1.54) is 0 Å². The third kappa shape index (κ3) is 5.25. The molecule has 0 bridgehead atoms. The zero-order chi connectivity index (χ0) is 19.1. The average molecular weight is 364 g/mol. The molecule has 0 unspecified atom stereocenters. The maximum Gasteiger partial charge on any atom is 0.345 e. The summed E-state index contributed by atoms with van der Waals surface area (Å²) in [7, 11) is 1.55. The van der Waals surface area contributed by atoms with Gasteiger partial charge in [0.25, 0.3) is 0 Å². The van der Waals surface area contributed by atoms with Gasteiger partial charge in [-0.15, -0.1) is 0 Å². The van der Waals surface area contributed by atoms with E-state index in [1.807, 2.05) is 54.6 Å². The van der Waals surface area contributed by atoms with Gasteiger partial charge >= 0.3 is 5.97 Å². The van der Waals surface area contributed by atoms with Gasteiger partial charge in [0.2, 0.25) is 0 Å². The third-order valence-electron chi connectivity index (χ3n) is 3.92. The summed E-state index contributed by atoms with van der Waals surface area (Å²) in [6.45, 7) is 0. The van der Waals surface area contributed by atoms with E-state index < -0.39 is 12.1 Å². The van der Waals surface area contributed by atoms with Crippen LogP contribution in [0.5, 0.6) is 23.0 Å². The van der Waals surface area contributed by atoms with Crippen LogP contribution in [0.4, 0.5) is 0 Å². The second kappa shape index (κ2) is 8.76. The third-order valence-corrected chi connectivity index (χ3v) is 3.92. The van der Waals surface area contributed by atoms with Crippen molar-refractivity contribution in [3.8, 4) is 23.0 Å². The highest BCUT2D eigenvalue weighted by molar-refractivity contribution is 5.73. The molecule has 0 amide bonds. The highest BCUT2D eigenvalue weighted by Gasteiger charge is 2.20. The van der Waals surface area contributed by atoms with E-state index in [4.69, 9.17) is 14.2 Å². The van der Waals surface area contributed by atoms with Crippen LogP contribution < -0.4 is 14.2 Å². The predicted octanol–water partition coefficient (Wildman–Crippen LogP) is 4.56. The van der Waals surface area contributed by atoms with Gasteiger partial charge < -0.3 is 19.3 Å². The maximum absolute atomic E-state index is 11.6. The van der Waals surface area contributed by atoms with Crippen LogP contribution in [-0.2, 0) is 11.2 Å². The number of carboxylic acid groups (broad SMARTS) is 1. The normalized spacial score (nSPS) is 11.4. The van der Waals surface area contributed by atoms with Crippen LogP contribution in [0.3, 0.4) is 0 Å². The van der Waals surface area contributed by atoms with Crippen LogP contribution >= 0.6 is 0 Å². The number of para-hydroxylation sites is 1. The van der Waals surface area contributed by atoms with Gasteiger partial charge in [-0.2, -0.15) is 0 Å². The van der Waals surface area contributed by atoms with E-state index in [2.05, 4.69) is 0 Å². The lowest BCUT2D eigenvalue weighted by Gasteiger charge is -2.16. The second-order valence-corrected chi connectivity index (χ2v) is 5.89. The molecule has 1 N–H and O–H groups in total. The number of carboxylic acids is 1. The molecular formula is C22H20O5. The van der Waals surface area contributed by atoms with Gasteiger partial charge in [0.05, 0.1) is 7.11 Å². The molecule has 0 fully saturated rings. The van der Waals surface area contributed by atoms with Gasteiger partial charge in [-0.25, -0.2) is 4.79 Å². The van der Waals surface area contributed by atoms with Crippen molar-refractivity contribution in [1.82, 2.24) is 0 Å². The predicted molar refractivity (Wildman–Crippen MR) is 102 cm³/mol. The number of hydrogen-bond acceptors (Lipinski definition) is 4. The molecule has 138 valence electrons. The van der Waals surface area contributed by atoms with Crippen LogP contribution in [-0.4, -0.2) is 24.3 Å². The van der Waals surface area contributed by atoms with Gasteiger partial charge in [-0.1, -0.05) is 36.4 Å². The van der Waals surface area contributed by atoms with Crippen molar-refractivity contribution in [2.45, 2.75) is 12.5 Å². The Balaban J connectivity index is 1.66. The van der Waals surface area contributed by atoms with Crippen molar-refractivity contribution in [3.63, 3.8) is 0 Å². The molecule has 0 saturated carbocycles. The Bertz CT molecular complexity index is 875. The van der Waals surface area contributed by atoms with Crippen molar-refractivity contribution < 1.29 is 24.1 Å². The van der Waals surface area contributed by atoms with E-state index in [1.54, 1.807) is 31.4 Å². The minimum absolute atomic E-state index is 0.234. The number of rotatable bonds is 8. The van der Waals surface area contributed by atoms with Crippen LogP contribution in [0.2, 0.25) is 0 Å². The molecule has 0 aliphatic rings. The monoisotopic (exact) mass is 364 g/mol. The first-order valence-corrected chi connectivity index (χ1v) is 8.49. The summed E-state index contributed by atoms with van der Waals surface area (Å²) in [5.41, 5.74) is 0.839. The summed E-state index contributed by atoms with van der Waals surface area (Å²) in [6, 6.07) is 23.6. The fourth-order valence-corrected chi connectivity index (χ4v) is 2.55. The molecule has 0 aliphatic heterocycles. The fraction of sp³-hybridized carbons (Fsp3) is 0.136. The van der Waals surface area contributed by atoms with Gasteiger partial charge in [0.15, 0.2) is 6.10 Å². The van der Waals surface area contributed by atoms with Crippen molar-refractivity contribution >= 4 is 5.97 Å². The number of benzene rings is 3. The molecule has 0 heterocycles. The van der Waals surface area contributed by atoms with Gasteiger partial charge in [0.1, 0.15) is 23.0 Å². The fourth-order valence-electron chi connectivity index (χ4n) is 2.55. The van der Waals surface area contributed by atoms with Crippen molar-refractivity contribution in [2.24, 2.45) is 0 Å². The van der Waals surface area contributed by atoms with Gasteiger partial charge in [0, 0.05) is 12.5 Å². The first-order chi connectivity index (χ1) is 13.1. The molecule has 0 saturated heterocycles. The lowest BCUT2D eigenvalue weighted by atomic mass is 10.1. The van der Waals surface area contributed by atoms with E-state index in [0.29, 0.717) is 17.2 Å². The van der Waals surface area contributed by atoms with Crippen LogP contribution in [0.25, 0.3) is 0 Å². The Hall–Kier alpha value is -3.47. The van der Waals surface area contributed by atoms with Crippen molar-refractivity contribution in [1.29, 1.82) is 0 Å². The minimum atomic E-state index is -1.03. The number of ether oxygens (including phenoxy) is 3. The molecule has 0 aromatic heterocycles. The minimum Gasteiger partial charge on any atom is -0.497 e. The first kappa shape index (κ1) is 18.3. The number of aliphatic carboxylic acids is 1. The average Bonchev–Trinajstić information content (AvgIpc) is 2.70. The molecule has 3 rings (SSSR count). The molecule has 5 heteroatoms. The highest BCUT2D eigenvalue weighted by Crippen LogP contribution is 2.23. The summed E-state index contributed by atoms with van der Waals surface area (Å²) in [6.07, 6.45) is -0.768. The Morgan fingerprint density at radius 3 is 2.15 bits per heavy atom. The molecule has 27 heavy (non-hydrogen) atoms. The van der Waals surface area contributed by atoms with Gasteiger partial charge in [-0.3, -0.25) is 0 Å². The Labute approximate surface area is 157 Å². The van der Waals surface area contributed by atoms with Gasteiger partial charge in [-0.05, 0) is 42.0 Å². The van der Waals surface area contributed by atoms with Crippen LogP contribution in [0, 0.1) is 0 Å². The standard InChI is InChI=1S/C22H20O5/c1-25-19-8-5-9-20(15-19)27-21(22(23)24)14-16-10-12-18(13-11-16)26-17-6-3-2-4-7-17/h2-13,15,21H,14H2,1H3,(H,23,24)/t21-/m0/s1. The largest absolute Gasteiger partial charge is 0.497 e. The summed E-state index contributed by atoms with van der Waals surface area (Å²) < 4.78 is 16.5. The lowest BCUT2D eigenvalue weighted by molar-refractivity contribution is -0.145. The second-order valence-electron chi connectivity index (χ2n) is 5.89. The van der Waals surface area contributed by atoms with Crippen molar-refractivity contribution in [2.75, 3.05) is 7.11 Å². The Morgan fingerprint density at radius 1 is 0.852 bits per heavy atom. The smallest absolute Gasteiger partial charge is 0.345 e. The maximum atomic E-state index is 11.6. The summed E-state index contributed by atoms with van der Waals surface area (Å²) >= 11 is 0. The lowest BCUT2D eigenvalue weighted by Crippen LogP contribution is -2.29. The number of methoxy groups -OCH3 is 1.